The van der Waals surface area contributed by atoms with Crippen LogP contribution in [0.15, 0.2) is 18.2 Å². The van der Waals surface area contributed by atoms with Gasteiger partial charge >= 0.3 is 0 Å². The molecule has 0 aliphatic rings. The van der Waals surface area contributed by atoms with E-state index in [2.05, 4.69) is 5.32 Å². The number of aliphatic hydroxyl groups excluding tert-OH is 1. The van der Waals surface area contributed by atoms with Gasteiger partial charge < -0.3 is 10.4 Å². The van der Waals surface area contributed by atoms with E-state index in [1.165, 1.54) is 0 Å². The predicted molar refractivity (Wildman–Crippen MR) is 60.2 cm³/mol. The largest absolute Gasteiger partial charge is 0.390 e. The summed E-state index contributed by atoms with van der Waals surface area (Å²) < 4.78 is 25.3. The summed E-state index contributed by atoms with van der Waals surface area (Å²) in [5.74, 6) is -3.10. The Hall–Kier alpha value is -0.420. The van der Waals surface area contributed by atoms with Gasteiger partial charge in [0.15, 0.2) is 0 Å². The van der Waals surface area contributed by atoms with Crippen LogP contribution in [0.25, 0.3) is 0 Å². The van der Waals surface area contributed by atoms with Gasteiger partial charge in [0.2, 0.25) is 0 Å². The predicted octanol–water partition coefficient (Wildman–Crippen LogP) is 2.71. The van der Waals surface area contributed by atoms with Gasteiger partial charge in [-0.1, -0.05) is 29.3 Å². The fraction of sp³-hybridized carbons (Fsp3) is 0.400. The van der Waals surface area contributed by atoms with Gasteiger partial charge in [0, 0.05) is 6.54 Å². The number of hydrogen-bond acceptors (Lipinski definition) is 2. The molecule has 0 atom stereocenters. The van der Waals surface area contributed by atoms with Gasteiger partial charge in [0.25, 0.3) is 5.92 Å². The molecule has 2 N–H and O–H groups in total. The number of alkyl halides is 2. The Morgan fingerprint density at radius 3 is 2.50 bits per heavy atom. The van der Waals surface area contributed by atoms with Crippen molar-refractivity contribution in [2.75, 3.05) is 13.2 Å². The van der Waals surface area contributed by atoms with Gasteiger partial charge in [-0.3, -0.25) is 0 Å². The summed E-state index contributed by atoms with van der Waals surface area (Å²) in [6.07, 6.45) is 0. The number of benzene rings is 1. The van der Waals surface area contributed by atoms with E-state index >= 15 is 0 Å². The average Bonchev–Trinajstić information content (AvgIpc) is 2.23. The molecular formula is C10H11Cl2F2NO. The highest BCUT2D eigenvalue weighted by atomic mass is 35.5. The Kier molecular flexibility index (Phi) is 4.92. The first-order valence-electron chi connectivity index (χ1n) is 4.58. The molecule has 90 valence electrons. The average molecular weight is 270 g/mol. The van der Waals surface area contributed by atoms with Crippen LogP contribution in [0.4, 0.5) is 8.78 Å². The molecule has 0 saturated carbocycles. The van der Waals surface area contributed by atoms with Gasteiger partial charge in [-0.05, 0) is 17.7 Å². The summed E-state index contributed by atoms with van der Waals surface area (Å²) in [6.45, 7) is -1.50. The van der Waals surface area contributed by atoms with E-state index in [4.69, 9.17) is 28.3 Å². The van der Waals surface area contributed by atoms with Crippen LogP contribution in [-0.2, 0) is 6.54 Å². The van der Waals surface area contributed by atoms with Crippen LogP contribution in [0.5, 0.6) is 0 Å². The van der Waals surface area contributed by atoms with Gasteiger partial charge in [-0.2, -0.15) is 0 Å². The molecule has 1 aromatic carbocycles. The second-order valence-electron chi connectivity index (χ2n) is 3.37. The third kappa shape index (κ3) is 4.22. The summed E-state index contributed by atoms with van der Waals surface area (Å²) in [4.78, 5) is 0. The van der Waals surface area contributed by atoms with Gasteiger partial charge in [0.05, 0.1) is 16.6 Å². The van der Waals surface area contributed by atoms with E-state index in [0.29, 0.717) is 10.0 Å². The highest BCUT2D eigenvalue weighted by molar-refractivity contribution is 6.42. The van der Waals surface area contributed by atoms with E-state index < -0.39 is 19.1 Å². The SMILES string of the molecule is OCC(F)(F)CNCc1ccc(Cl)c(Cl)c1. The zero-order chi connectivity index (χ0) is 12.2. The zero-order valence-corrected chi connectivity index (χ0v) is 9.82. The Morgan fingerprint density at radius 2 is 1.94 bits per heavy atom. The van der Waals surface area contributed by atoms with Crippen molar-refractivity contribution < 1.29 is 13.9 Å². The van der Waals surface area contributed by atoms with Crippen molar-refractivity contribution in [2.24, 2.45) is 0 Å². The summed E-state index contributed by atoms with van der Waals surface area (Å²) in [6, 6.07) is 4.90. The first kappa shape index (κ1) is 13.6. The molecule has 0 fully saturated rings. The topological polar surface area (TPSA) is 32.3 Å². The number of nitrogens with one attached hydrogen (secondary N) is 1. The Morgan fingerprint density at radius 1 is 1.25 bits per heavy atom. The van der Waals surface area contributed by atoms with Crippen LogP contribution in [0.2, 0.25) is 10.0 Å². The quantitative estimate of drug-likeness (QED) is 0.862. The molecular weight excluding hydrogens is 259 g/mol. The molecule has 0 amide bonds. The monoisotopic (exact) mass is 269 g/mol. The summed E-state index contributed by atoms with van der Waals surface area (Å²) in [5, 5.41) is 11.7. The van der Waals surface area contributed by atoms with Crippen LogP contribution >= 0.6 is 23.2 Å². The molecule has 1 rings (SSSR count). The summed E-state index contributed by atoms with van der Waals surface area (Å²) in [7, 11) is 0. The molecule has 0 heterocycles. The first-order valence-corrected chi connectivity index (χ1v) is 5.33. The molecule has 0 radical (unpaired) electrons. The minimum Gasteiger partial charge on any atom is -0.390 e. The van der Waals surface area contributed by atoms with Crippen molar-refractivity contribution in [1.82, 2.24) is 5.32 Å². The lowest BCUT2D eigenvalue weighted by molar-refractivity contribution is -0.0477. The van der Waals surface area contributed by atoms with Crippen LogP contribution in [0.3, 0.4) is 0 Å². The van der Waals surface area contributed by atoms with Gasteiger partial charge in [-0.15, -0.1) is 0 Å². The maximum atomic E-state index is 12.6. The molecule has 2 nitrogen and oxygen atoms in total. The van der Waals surface area contributed by atoms with Crippen LogP contribution < -0.4 is 5.32 Å². The smallest absolute Gasteiger partial charge is 0.282 e. The lowest BCUT2D eigenvalue weighted by Crippen LogP contribution is -2.35. The van der Waals surface area contributed by atoms with E-state index in [1.807, 2.05) is 0 Å². The molecule has 16 heavy (non-hydrogen) atoms. The Labute approximate surface area is 102 Å². The number of hydrogen-bond donors (Lipinski definition) is 2. The lowest BCUT2D eigenvalue weighted by Gasteiger charge is -2.14. The second kappa shape index (κ2) is 5.77. The van der Waals surface area contributed by atoms with E-state index in [0.717, 1.165) is 5.56 Å². The first-order chi connectivity index (χ1) is 7.44. The fourth-order valence-electron chi connectivity index (χ4n) is 1.10. The molecule has 0 saturated heterocycles. The molecule has 0 aromatic heterocycles. The van der Waals surface area contributed by atoms with Crippen molar-refractivity contribution in [3.8, 4) is 0 Å². The zero-order valence-electron chi connectivity index (χ0n) is 8.31. The van der Waals surface area contributed by atoms with Crippen molar-refractivity contribution in [2.45, 2.75) is 12.5 Å². The van der Waals surface area contributed by atoms with Crippen LogP contribution in [0.1, 0.15) is 5.56 Å². The normalized spacial score (nSPS) is 11.8. The van der Waals surface area contributed by atoms with Gasteiger partial charge in [-0.25, -0.2) is 8.78 Å². The molecule has 1 aromatic rings. The minimum atomic E-state index is -3.10. The third-order valence-electron chi connectivity index (χ3n) is 1.93. The molecule has 6 heteroatoms. The molecule has 0 bridgehead atoms. The standard InChI is InChI=1S/C10H11Cl2F2NO/c11-8-2-1-7(3-9(8)12)4-15-5-10(13,14)6-16/h1-3,15-16H,4-6H2. The lowest BCUT2D eigenvalue weighted by atomic mass is 10.2. The summed E-state index contributed by atoms with van der Waals surface area (Å²) >= 11 is 11.5. The molecule has 0 aliphatic heterocycles. The Bertz CT molecular complexity index is 361. The molecule has 0 spiro atoms. The van der Waals surface area contributed by atoms with Gasteiger partial charge in [0.1, 0.15) is 6.61 Å². The van der Waals surface area contributed by atoms with Crippen LogP contribution in [-0.4, -0.2) is 24.2 Å². The van der Waals surface area contributed by atoms with Crippen molar-refractivity contribution in [3.63, 3.8) is 0 Å². The maximum absolute atomic E-state index is 12.6. The number of aliphatic hydroxyl groups is 1. The Balaban J connectivity index is 2.46. The third-order valence-corrected chi connectivity index (χ3v) is 2.67. The maximum Gasteiger partial charge on any atom is 0.282 e. The van der Waals surface area contributed by atoms with E-state index in [1.54, 1.807) is 18.2 Å². The minimum absolute atomic E-state index is 0.243. The summed E-state index contributed by atoms with van der Waals surface area (Å²) in [5.41, 5.74) is 0.753. The fourth-order valence-corrected chi connectivity index (χ4v) is 1.42. The van der Waals surface area contributed by atoms with Crippen LogP contribution in [0, 0.1) is 0 Å². The van der Waals surface area contributed by atoms with E-state index in [-0.39, 0.29) is 6.54 Å². The van der Waals surface area contributed by atoms with Crippen molar-refractivity contribution in [1.29, 1.82) is 0 Å². The van der Waals surface area contributed by atoms with Crippen molar-refractivity contribution >= 4 is 23.2 Å². The highest BCUT2D eigenvalue weighted by Gasteiger charge is 2.26. The highest BCUT2D eigenvalue weighted by Crippen LogP contribution is 2.22. The second-order valence-corrected chi connectivity index (χ2v) is 4.18. The molecule has 0 aliphatic carbocycles. The number of halogens is 4. The number of rotatable bonds is 5. The molecule has 0 unspecified atom stereocenters. The van der Waals surface area contributed by atoms with Crippen molar-refractivity contribution in [3.05, 3.63) is 33.8 Å². The van der Waals surface area contributed by atoms with E-state index in [9.17, 15) is 8.78 Å².